The number of carbonyl (C=O) groups excluding carboxylic acids is 2. The third-order valence-corrected chi connectivity index (χ3v) is 8.08. The summed E-state index contributed by atoms with van der Waals surface area (Å²) in [6.07, 6.45) is 6.23. The van der Waals surface area contributed by atoms with Crippen LogP contribution in [0, 0.1) is 5.92 Å². The molecule has 0 spiro atoms. The number of carbonyl (C=O) groups is 2. The van der Waals surface area contributed by atoms with E-state index in [1.54, 1.807) is 6.07 Å². The molecule has 2 amide bonds. The van der Waals surface area contributed by atoms with Crippen molar-refractivity contribution in [2.45, 2.75) is 37.0 Å². The quantitative estimate of drug-likeness (QED) is 0.441. The van der Waals surface area contributed by atoms with E-state index in [0.717, 1.165) is 21.7 Å². The van der Waals surface area contributed by atoms with Crippen LogP contribution in [0.25, 0.3) is 10.2 Å². The van der Waals surface area contributed by atoms with Gasteiger partial charge in [0.05, 0.1) is 21.5 Å². The van der Waals surface area contributed by atoms with Crippen molar-refractivity contribution in [2.24, 2.45) is 5.92 Å². The van der Waals surface area contributed by atoms with Gasteiger partial charge >= 0.3 is 0 Å². The number of rotatable bonds is 7. The maximum atomic E-state index is 13.0. The minimum absolute atomic E-state index is 0.00497. The lowest BCUT2D eigenvalue weighted by Gasteiger charge is -2.21. The van der Waals surface area contributed by atoms with Crippen molar-refractivity contribution in [1.29, 1.82) is 0 Å². The first-order valence-electron chi connectivity index (χ1n) is 11.7. The second-order valence-electron chi connectivity index (χ2n) is 8.53. The molecule has 0 atom stereocenters. The highest BCUT2D eigenvalue weighted by molar-refractivity contribution is 8.00. The minimum atomic E-state index is -0.248. The molecule has 2 aliphatic rings. The average molecular weight is 498 g/mol. The summed E-state index contributed by atoms with van der Waals surface area (Å²) in [5.41, 5.74) is 1.28. The fourth-order valence-electron chi connectivity index (χ4n) is 4.31. The summed E-state index contributed by atoms with van der Waals surface area (Å²) < 4.78 is 12.2. The standard InChI is InChI=1S/C25H27N3O4S2/c29-23(26-14-16-6-2-1-3-7-16)15-33-21-9-5-4-8-17(21)24(30)28-25-27-18-12-19-20(13-22(18)34-25)32-11-10-31-19/h4-5,8-9,12-13,16H,1-3,6-7,10-11,14-15H2,(H,26,29)(H,27,28,30). The Hall–Kier alpha value is -2.78. The monoisotopic (exact) mass is 497 g/mol. The zero-order chi connectivity index (χ0) is 23.3. The van der Waals surface area contributed by atoms with Gasteiger partial charge in [0.15, 0.2) is 16.6 Å². The molecular formula is C25H27N3O4S2. The number of benzene rings is 2. The predicted octanol–water partition coefficient (Wildman–Crippen LogP) is 5.11. The van der Waals surface area contributed by atoms with E-state index >= 15 is 0 Å². The van der Waals surface area contributed by atoms with E-state index in [-0.39, 0.29) is 17.6 Å². The van der Waals surface area contributed by atoms with Crippen LogP contribution in [0.3, 0.4) is 0 Å². The van der Waals surface area contributed by atoms with E-state index in [4.69, 9.17) is 9.47 Å². The van der Waals surface area contributed by atoms with Crippen LogP contribution in [-0.4, -0.2) is 42.3 Å². The Labute approximate surface area is 206 Å². The molecule has 0 bridgehead atoms. The van der Waals surface area contributed by atoms with Crippen molar-refractivity contribution < 1.29 is 19.1 Å². The van der Waals surface area contributed by atoms with Crippen LogP contribution in [0.1, 0.15) is 42.5 Å². The number of nitrogens with zero attached hydrogens (tertiary/aromatic N) is 1. The Kier molecular flexibility index (Phi) is 7.20. The molecule has 178 valence electrons. The van der Waals surface area contributed by atoms with E-state index < -0.39 is 0 Å². The molecule has 1 aromatic heterocycles. The average Bonchev–Trinajstić information content (AvgIpc) is 3.26. The molecule has 9 heteroatoms. The van der Waals surface area contributed by atoms with Crippen LogP contribution < -0.4 is 20.1 Å². The third-order valence-electron chi connectivity index (χ3n) is 6.08. The molecule has 34 heavy (non-hydrogen) atoms. The van der Waals surface area contributed by atoms with E-state index in [0.29, 0.717) is 41.3 Å². The van der Waals surface area contributed by atoms with Gasteiger partial charge in [-0.25, -0.2) is 4.98 Å². The summed E-state index contributed by atoms with van der Waals surface area (Å²) >= 11 is 2.77. The molecule has 1 aliphatic carbocycles. The number of amides is 2. The summed E-state index contributed by atoms with van der Waals surface area (Å²) in [6, 6.07) is 11.1. The molecule has 5 rings (SSSR count). The molecule has 0 saturated heterocycles. The van der Waals surface area contributed by atoms with E-state index in [1.165, 1.54) is 55.2 Å². The summed E-state index contributed by atoms with van der Waals surface area (Å²) in [5, 5.41) is 6.47. The zero-order valence-electron chi connectivity index (χ0n) is 18.8. The van der Waals surface area contributed by atoms with Gasteiger partial charge in [-0.05, 0) is 30.9 Å². The van der Waals surface area contributed by atoms with Crippen molar-refractivity contribution in [2.75, 3.05) is 30.8 Å². The Morgan fingerprint density at radius 3 is 2.65 bits per heavy atom. The van der Waals surface area contributed by atoms with Crippen LogP contribution in [0.2, 0.25) is 0 Å². The normalized spacial score (nSPS) is 15.8. The first kappa shape index (κ1) is 23.0. The van der Waals surface area contributed by atoms with Crippen molar-refractivity contribution in [3.05, 3.63) is 42.0 Å². The molecule has 1 fully saturated rings. The molecule has 3 aromatic rings. The number of anilines is 1. The molecule has 2 heterocycles. The van der Waals surface area contributed by atoms with Crippen molar-refractivity contribution in [3.8, 4) is 11.5 Å². The van der Waals surface area contributed by atoms with Crippen LogP contribution in [0.4, 0.5) is 5.13 Å². The van der Waals surface area contributed by atoms with Gasteiger partial charge in [0.2, 0.25) is 5.91 Å². The highest BCUT2D eigenvalue weighted by Gasteiger charge is 2.19. The molecule has 0 radical (unpaired) electrons. The summed E-state index contributed by atoms with van der Waals surface area (Å²) in [7, 11) is 0. The number of hydrogen-bond donors (Lipinski definition) is 2. The summed E-state index contributed by atoms with van der Waals surface area (Å²) in [5.74, 6) is 2.00. The Morgan fingerprint density at radius 2 is 1.82 bits per heavy atom. The fraction of sp³-hybridized carbons (Fsp3) is 0.400. The molecule has 0 unspecified atom stereocenters. The van der Waals surface area contributed by atoms with Crippen molar-refractivity contribution >= 4 is 50.3 Å². The van der Waals surface area contributed by atoms with Crippen molar-refractivity contribution in [3.63, 3.8) is 0 Å². The molecule has 2 N–H and O–H groups in total. The lowest BCUT2D eigenvalue weighted by Crippen LogP contribution is -2.31. The molecule has 7 nitrogen and oxygen atoms in total. The maximum Gasteiger partial charge on any atom is 0.258 e. The number of nitrogens with one attached hydrogen (secondary N) is 2. The van der Waals surface area contributed by atoms with Gasteiger partial charge < -0.3 is 14.8 Å². The van der Waals surface area contributed by atoms with Gasteiger partial charge in [-0.15, -0.1) is 11.8 Å². The number of aromatic nitrogens is 1. The smallest absolute Gasteiger partial charge is 0.258 e. The second kappa shape index (κ2) is 10.7. The number of ether oxygens (including phenoxy) is 2. The van der Waals surface area contributed by atoms with Crippen LogP contribution >= 0.6 is 23.1 Å². The van der Waals surface area contributed by atoms with Crippen molar-refractivity contribution in [1.82, 2.24) is 10.3 Å². The maximum absolute atomic E-state index is 13.0. The lowest BCUT2D eigenvalue weighted by atomic mass is 9.89. The molecule has 1 aliphatic heterocycles. The first-order valence-corrected chi connectivity index (χ1v) is 13.5. The Balaban J connectivity index is 1.21. The SMILES string of the molecule is O=C(CSc1ccccc1C(=O)Nc1nc2cc3c(cc2s1)OCCO3)NCC1CCCCC1. The predicted molar refractivity (Wildman–Crippen MR) is 135 cm³/mol. The van der Waals surface area contributed by atoms with Gasteiger partial charge in [0, 0.05) is 23.6 Å². The summed E-state index contributed by atoms with van der Waals surface area (Å²) in [4.78, 5) is 30.7. The molecule has 1 saturated carbocycles. The highest BCUT2D eigenvalue weighted by Crippen LogP contribution is 2.38. The second-order valence-corrected chi connectivity index (χ2v) is 10.6. The van der Waals surface area contributed by atoms with Crippen LogP contribution in [0.5, 0.6) is 11.5 Å². The van der Waals surface area contributed by atoms with E-state index in [9.17, 15) is 9.59 Å². The molecule has 2 aromatic carbocycles. The first-order chi connectivity index (χ1) is 16.7. The fourth-order valence-corrected chi connectivity index (χ4v) is 6.06. The van der Waals surface area contributed by atoms with Gasteiger partial charge in [-0.1, -0.05) is 42.7 Å². The van der Waals surface area contributed by atoms with Crippen LogP contribution in [0.15, 0.2) is 41.3 Å². The van der Waals surface area contributed by atoms with Gasteiger partial charge in [-0.3, -0.25) is 14.9 Å². The van der Waals surface area contributed by atoms with E-state index in [1.807, 2.05) is 30.3 Å². The Bertz CT molecular complexity index is 1150. The minimum Gasteiger partial charge on any atom is -0.486 e. The topological polar surface area (TPSA) is 89.6 Å². The molecular weight excluding hydrogens is 470 g/mol. The number of thiazole rings is 1. The van der Waals surface area contributed by atoms with E-state index in [2.05, 4.69) is 15.6 Å². The Morgan fingerprint density at radius 1 is 1.06 bits per heavy atom. The number of fused-ring (bicyclic) bond motifs is 2. The number of hydrogen-bond acceptors (Lipinski definition) is 7. The zero-order valence-corrected chi connectivity index (χ0v) is 20.4. The summed E-state index contributed by atoms with van der Waals surface area (Å²) in [6.45, 7) is 1.78. The number of thioether (sulfide) groups is 1. The van der Waals surface area contributed by atoms with Gasteiger partial charge in [0.25, 0.3) is 5.91 Å². The van der Waals surface area contributed by atoms with Crippen LogP contribution in [-0.2, 0) is 4.79 Å². The van der Waals surface area contributed by atoms with Gasteiger partial charge in [0.1, 0.15) is 13.2 Å². The lowest BCUT2D eigenvalue weighted by molar-refractivity contribution is -0.118. The largest absolute Gasteiger partial charge is 0.486 e. The highest BCUT2D eigenvalue weighted by atomic mass is 32.2. The van der Waals surface area contributed by atoms with Gasteiger partial charge in [-0.2, -0.15) is 0 Å². The third kappa shape index (κ3) is 5.47.